The average Bonchev–Trinajstić information content (AvgIpc) is 3.12. The smallest absolute Gasteiger partial charge is 0.162 e. The van der Waals surface area contributed by atoms with Gasteiger partial charge in [0, 0.05) is 0 Å². The first-order chi connectivity index (χ1) is 11.3. The van der Waals surface area contributed by atoms with E-state index >= 15 is 0 Å². The fourth-order valence-corrected chi connectivity index (χ4v) is 2.01. The molecule has 0 amide bonds. The van der Waals surface area contributed by atoms with Gasteiger partial charge in [0.05, 0.1) is 13.3 Å². The molecule has 0 aliphatic carbocycles. The highest BCUT2D eigenvalue weighted by molar-refractivity contribution is 5.80. The molecule has 1 aromatic heterocycles. The summed E-state index contributed by atoms with van der Waals surface area (Å²) in [6, 6.07) is 15.6. The summed E-state index contributed by atoms with van der Waals surface area (Å²) in [7, 11) is 1.62. The molecule has 23 heavy (non-hydrogen) atoms. The molecule has 6 nitrogen and oxygen atoms in total. The molecular formula is C17H16N4O2. The van der Waals surface area contributed by atoms with E-state index in [4.69, 9.17) is 9.47 Å². The van der Waals surface area contributed by atoms with E-state index in [2.05, 4.69) is 15.3 Å². The molecule has 3 aromatic rings. The van der Waals surface area contributed by atoms with Gasteiger partial charge >= 0.3 is 0 Å². The van der Waals surface area contributed by atoms with Crippen LogP contribution in [-0.4, -0.2) is 28.2 Å². The summed E-state index contributed by atoms with van der Waals surface area (Å²) in [5.74, 6) is 1.35. The predicted octanol–water partition coefficient (Wildman–Crippen LogP) is 2.75. The van der Waals surface area contributed by atoms with Crippen LogP contribution in [0, 0.1) is 0 Å². The number of benzene rings is 2. The lowest BCUT2D eigenvalue weighted by Crippen LogP contribution is -1.98. The normalized spacial score (nSPS) is 10.8. The highest BCUT2D eigenvalue weighted by atomic mass is 16.5. The second kappa shape index (κ2) is 7.22. The van der Waals surface area contributed by atoms with Crippen molar-refractivity contribution in [2.45, 2.75) is 6.61 Å². The van der Waals surface area contributed by atoms with Crippen molar-refractivity contribution in [1.29, 1.82) is 0 Å². The molecule has 0 spiro atoms. The standard InChI is InChI=1S/C17H16N4O2/c1-22-16-8-7-15(10-20-21-12-18-19-13-21)9-17(16)23-11-14-5-3-2-4-6-14/h2-10,12-13H,11H2,1H3/b20-10-. The molecular weight excluding hydrogens is 292 g/mol. The van der Waals surface area contributed by atoms with Crippen LogP contribution in [0.4, 0.5) is 0 Å². The molecule has 2 aromatic carbocycles. The van der Waals surface area contributed by atoms with Crippen molar-refractivity contribution in [3.05, 3.63) is 72.3 Å². The minimum absolute atomic E-state index is 0.475. The summed E-state index contributed by atoms with van der Waals surface area (Å²) in [4.78, 5) is 0. The highest BCUT2D eigenvalue weighted by Crippen LogP contribution is 2.28. The quantitative estimate of drug-likeness (QED) is 0.657. The van der Waals surface area contributed by atoms with E-state index < -0.39 is 0 Å². The van der Waals surface area contributed by atoms with E-state index in [9.17, 15) is 0 Å². The van der Waals surface area contributed by atoms with E-state index in [1.807, 2.05) is 48.5 Å². The third kappa shape index (κ3) is 3.94. The molecule has 116 valence electrons. The number of aromatic nitrogens is 3. The van der Waals surface area contributed by atoms with Crippen LogP contribution in [-0.2, 0) is 6.61 Å². The summed E-state index contributed by atoms with van der Waals surface area (Å²) in [6.07, 6.45) is 4.75. The van der Waals surface area contributed by atoms with Crippen LogP contribution in [0.15, 0.2) is 66.3 Å². The first kappa shape index (κ1) is 14.8. The molecule has 0 fully saturated rings. The molecule has 0 atom stereocenters. The zero-order valence-electron chi connectivity index (χ0n) is 12.7. The van der Waals surface area contributed by atoms with E-state index in [1.165, 1.54) is 17.3 Å². The topological polar surface area (TPSA) is 61.5 Å². The number of methoxy groups -OCH3 is 1. The van der Waals surface area contributed by atoms with Crippen LogP contribution in [0.3, 0.4) is 0 Å². The Bertz CT molecular complexity index is 771. The fourth-order valence-electron chi connectivity index (χ4n) is 2.01. The molecule has 0 aliphatic rings. The van der Waals surface area contributed by atoms with Crippen molar-refractivity contribution in [1.82, 2.24) is 14.9 Å². The Morgan fingerprint density at radius 3 is 2.57 bits per heavy atom. The van der Waals surface area contributed by atoms with Gasteiger partial charge in [-0.15, -0.1) is 10.2 Å². The molecule has 0 unspecified atom stereocenters. The highest BCUT2D eigenvalue weighted by Gasteiger charge is 2.05. The first-order valence-corrected chi connectivity index (χ1v) is 7.09. The Balaban J connectivity index is 1.76. The van der Waals surface area contributed by atoms with Gasteiger partial charge in [0.15, 0.2) is 11.5 Å². The Morgan fingerprint density at radius 1 is 1.04 bits per heavy atom. The van der Waals surface area contributed by atoms with Gasteiger partial charge in [-0.3, -0.25) is 0 Å². The molecule has 3 rings (SSSR count). The van der Waals surface area contributed by atoms with Gasteiger partial charge in [0.2, 0.25) is 0 Å². The summed E-state index contributed by atoms with van der Waals surface area (Å²) < 4.78 is 12.7. The van der Waals surface area contributed by atoms with Crippen LogP contribution in [0.5, 0.6) is 11.5 Å². The molecule has 0 saturated carbocycles. The maximum atomic E-state index is 5.87. The van der Waals surface area contributed by atoms with Crippen molar-refractivity contribution in [2.24, 2.45) is 5.10 Å². The van der Waals surface area contributed by atoms with Crippen molar-refractivity contribution in [2.75, 3.05) is 7.11 Å². The third-order valence-corrected chi connectivity index (χ3v) is 3.17. The monoisotopic (exact) mass is 308 g/mol. The van der Waals surface area contributed by atoms with Gasteiger partial charge in [0.1, 0.15) is 19.3 Å². The molecule has 0 N–H and O–H groups in total. The van der Waals surface area contributed by atoms with Crippen molar-refractivity contribution in [3.8, 4) is 11.5 Å². The summed E-state index contributed by atoms with van der Waals surface area (Å²) >= 11 is 0. The lowest BCUT2D eigenvalue weighted by molar-refractivity contribution is 0.284. The van der Waals surface area contributed by atoms with Crippen molar-refractivity contribution < 1.29 is 9.47 Å². The largest absolute Gasteiger partial charge is 0.493 e. The number of nitrogens with zero attached hydrogens (tertiary/aromatic N) is 4. The van der Waals surface area contributed by atoms with Crippen LogP contribution >= 0.6 is 0 Å². The Hall–Kier alpha value is -3.15. The van der Waals surface area contributed by atoms with E-state index in [0.717, 1.165) is 11.1 Å². The third-order valence-electron chi connectivity index (χ3n) is 3.17. The van der Waals surface area contributed by atoms with Crippen LogP contribution in [0.1, 0.15) is 11.1 Å². The maximum Gasteiger partial charge on any atom is 0.162 e. The number of ether oxygens (including phenoxy) is 2. The van der Waals surface area contributed by atoms with Gasteiger partial charge in [-0.25, -0.2) is 4.68 Å². The molecule has 0 radical (unpaired) electrons. The summed E-state index contributed by atoms with van der Waals surface area (Å²) in [5, 5.41) is 11.6. The van der Waals surface area contributed by atoms with E-state index in [0.29, 0.717) is 18.1 Å². The molecule has 6 heteroatoms. The molecule has 1 heterocycles. The molecule has 0 aliphatic heterocycles. The van der Waals surface area contributed by atoms with Gasteiger partial charge < -0.3 is 9.47 Å². The molecule has 0 saturated heterocycles. The van der Waals surface area contributed by atoms with Crippen LogP contribution in [0.25, 0.3) is 0 Å². The summed E-state index contributed by atoms with van der Waals surface area (Å²) in [6.45, 7) is 0.475. The zero-order chi connectivity index (χ0) is 15.9. The van der Waals surface area contributed by atoms with Crippen molar-refractivity contribution in [3.63, 3.8) is 0 Å². The summed E-state index contributed by atoms with van der Waals surface area (Å²) in [5.41, 5.74) is 1.99. The lowest BCUT2D eigenvalue weighted by Gasteiger charge is -2.11. The number of hydrogen-bond acceptors (Lipinski definition) is 5. The SMILES string of the molecule is COc1ccc(/C=N\n2cnnc2)cc1OCc1ccccc1. The van der Waals surface area contributed by atoms with Gasteiger partial charge in [-0.05, 0) is 29.3 Å². The minimum Gasteiger partial charge on any atom is -0.493 e. The second-order valence-corrected chi connectivity index (χ2v) is 4.77. The van der Waals surface area contributed by atoms with Gasteiger partial charge in [-0.1, -0.05) is 30.3 Å². The Morgan fingerprint density at radius 2 is 1.83 bits per heavy atom. The van der Waals surface area contributed by atoms with Crippen LogP contribution < -0.4 is 9.47 Å². The zero-order valence-corrected chi connectivity index (χ0v) is 12.7. The minimum atomic E-state index is 0.475. The van der Waals surface area contributed by atoms with Gasteiger partial charge in [0.25, 0.3) is 0 Å². The average molecular weight is 308 g/mol. The van der Waals surface area contributed by atoms with Crippen LogP contribution in [0.2, 0.25) is 0 Å². The van der Waals surface area contributed by atoms with Crippen molar-refractivity contribution >= 4 is 6.21 Å². The Labute approximate surface area is 134 Å². The van der Waals surface area contributed by atoms with E-state index in [1.54, 1.807) is 13.3 Å². The fraction of sp³-hybridized carbons (Fsp3) is 0.118. The van der Waals surface area contributed by atoms with E-state index in [-0.39, 0.29) is 0 Å². The number of rotatable bonds is 6. The van der Waals surface area contributed by atoms with Gasteiger partial charge in [-0.2, -0.15) is 5.10 Å². The number of hydrogen-bond donors (Lipinski definition) is 0. The second-order valence-electron chi connectivity index (χ2n) is 4.77. The molecule has 0 bridgehead atoms. The Kier molecular flexibility index (Phi) is 4.63. The first-order valence-electron chi connectivity index (χ1n) is 7.09. The predicted molar refractivity (Wildman–Crippen MR) is 86.8 cm³/mol. The maximum absolute atomic E-state index is 5.87. The lowest BCUT2D eigenvalue weighted by atomic mass is 10.2.